The smallest absolute Gasteiger partial charge is 0.0541 e. The number of hydrogen-bond donors (Lipinski definition) is 2. The molecule has 1 aliphatic carbocycles. The van der Waals surface area contributed by atoms with Crippen LogP contribution >= 0.6 is 0 Å². The summed E-state index contributed by atoms with van der Waals surface area (Å²) in [5.41, 5.74) is 2.80. The maximum absolute atomic E-state index is 9.57. The largest absolute Gasteiger partial charge is 0.393 e. The van der Waals surface area contributed by atoms with Gasteiger partial charge in [0.2, 0.25) is 0 Å². The van der Waals surface area contributed by atoms with Gasteiger partial charge in [-0.3, -0.25) is 0 Å². The number of aliphatic hydroxyl groups excluding tert-OH is 1. The number of rotatable bonds is 5. The maximum Gasteiger partial charge on any atom is 0.0541 e. The number of benzene rings is 1. The van der Waals surface area contributed by atoms with E-state index < -0.39 is 0 Å². The van der Waals surface area contributed by atoms with Crippen molar-refractivity contribution < 1.29 is 5.11 Å². The Morgan fingerprint density at radius 3 is 2.26 bits per heavy atom. The van der Waals surface area contributed by atoms with Gasteiger partial charge >= 0.3 is 0 Å². The molecule has 0 radical (unpaired) electrons. The van der Waals surface area contributed by atoms with Crippen LogP contribution in [0.3, 0.4) is 0 Å². The summed E-state index contributed by atoms with van der Waals surface area (Å²) in [5, 5.41) is 13.3. The zero-order chi connectivity index (χ0) is 13.7. The molecule has 2 heteroatoms. The van der Waals surface area contributed by atoms with Gasteiger partial charge in [-0.15, -0.1) is 0 Å². The van der Waals surface area contributed by atoms with Crippen LogP contribution in [0.4, 0.5) is 0 Å². The molecule has 0 heterocycles. The van der Waals surface area contributed by atoms with Crippen LogP contribution in [-0.4, -0.2) is 17.3 Å². The van der Waals surface area contributed by atoms with Crippen molar-refractivity contribution in [3.63, 3.8) is 0 Å². The lowest BCUT2D eigenvalue weighted by Crippen LogP contribution is -2.36. The van der Waals surface area contributed by atoms with E-state index in [-0.39, 0.29) is 6.10 Å². The van der Waals surface area contributed by atoms with E-state index >= 15 is 0 Å². The van der Waals surface area contributed by atoms with E-state index in [1.165, 1.54) is 11.1 Å². The second kappa shape index (κ2) is 7.06. The molecule has 0 bridgehead atoms. The quantitative estimate of drug-likeness (QED) is 0.849. The third-order valence-electron chi connectivity index (χ3n) is 4.33. The predicted molar refractivity (Wildman–Crippen MR) is 80.3 cm³/mol. The molecule has 1 unspecified atom stereocenters. The van der Waals surface area contributed by atoms with E-state index in [0.29, 0.717) is 12.1 Å². The maximum atomic E-state index is 9.57. The summed E-state index contributed by atoms with van der Waals surface area (Å²) in [7, 11) is 0. The SMILES string of the molecule is CCc1ccc(C(CC)NC2CCC(O)CC2)cc1. The standard InChI is InChI=1S/C17H27NO/c1-3-13-5-7-14(8-6-13)17(4-2)18-15-9-11-16(19)12-10-15/h5-8,15-19H,3-4,9-12H2,1-2H3. The summed E-state index contributed by atoms with van der Waals surface area (Å²) >= 11 is 0. The highest BCUT2D eigenvalue weighted by molar-refractivity contribution is 5.25. The second-order valence-corrected chi connectivity index (χ2v) is 5.73. The zero-order valence-corrected chi connectivity index (χ0v) is 12.2. The van der Waals surface area contributed by atoms with Gasteiger partial charge in [-0.25, -0.2) is 0 Å². The first kappa shape index (κ1) is 14.5. The Hall–Kier alpha value is -0.860. The minimum Gasteiger partial charge on any atom is -0.393 e. The zero-order valence-electron chi connectivity index (χ0n) is 12.2. The van der Waals surface area contributed by atoms with Crippen molar-refractivity contribution >= 4 is 0 Å². The number of nitrogens with one attached hydrogen (secondary N) is 1. The Bertz CT molecular complexity index is 365. The average molecular weight is 261 g/mol. The van der Waals surface area contributed by atoms with Gasteiger partial charge in [0.05, 0.1) is 6.10 Å². The van der Waals surface area contributed by atoms with Crippen LogP contribution in [0.5, 0.6) is 0 Å². The Balaban J connectivity index is 1.95. The van der Waals surface area contributed by atoms with E-state index in [1.807, 2.05) is 0 Å². The van der Waals surface area contributed by atoms with Crippen LogP contribution < -0.4 is 5.32 Å². The van der Waals surface area contributed by atoms with Crippen LogP contribution in [0.1, 0.15) is 63.1 Å². The van der Waals surface area contributed by atoms with Crippen molar-refractivity contribution in [1.82, 2.24) is 5.32 Å². The molecule has 1 aliphatic rings. The predicted octanol–water partition coefficient (Wildman–Crippen LogP) is 3.59. The Morgan fingerprint density at radius 1 is 1.11 bits per heavy atom. The van der Waals surface area contributed by atoms with E-state index in [4.69, 9.17) is 0 Å². The van der Waals surface area contributed by atoms with Crippen LogP contribution in [0.2, 0.25) is 0 Å². The first-order valence-corrected chi connectivity index (χ1v) is 7.75. The van der Waals surface area contributed by atoms with Gasteiger partial charge in [0.1, 0.15) is 0 Å². The minimum absolute atomic E-state index is 0.0676. The molecule has 106 valence electrons. The molecule has 0 aromatic heterocycles. The second-order valence-electron chi connectivity index (χ2n) is 5.73. The number of hydrogen-bond acceptors (Lipinski definition) is 2. The van der Waals surface area contributed by atoms with Gasteiger partial charge in [0, 0.05) is 12.1 Å². The molecular formula is C17H27NO. The third-order valence-corrected chi connectivity index (χ3v) is 4.33. The van der Waals surface area contributed by atoms with Gasteiger partial charge in [-0.05, 0) is 49.7 Å². The summed E-state index contributed by atoms with van der Waals surface area (Å²) < 4.78 is 0. The van der Waals surface area contributed by atoms with Crippen molar-refractivity contribution in [3.8, 4) is 0 Å². The van der Waals surface area contributed by atoms with Crippen LogP contribution in [0.15, 0.2) is 24.3 Å². The molecule has 2 N–H and O–H groups in total. The van der Waals surface area contributed by atoms with Crippen molar-refractivity contribution in [1.29, 1.82) is 0 Å². The van der Waals surface area contributed by atoms with Gasteiger partial charge < -0.3 is 10.4 Å². The van der Waals surface area contributed by atoms with Gasteiger partial charge in [-0.1, -0.05) is 38.1 Å². The monoisotopic (exact) mass is 261 g/mol. The summed E-state index contributed by atoms with van der Waals surface area (Å²) in [5.74, 6) is 0. The van der Waals surface area contributed by atoms with Crippen LogP contribution in [0, 0.1) is 0 Å². The number of aliphatic hydroxyl groups is 1. The molecule has 1 aromatic carbocycles. The fourth-order valence-corrected chi connectivity index (χ4v) is 2.96. The Morgan fingerprint density at radius 2 is 1.74 bits per heavy atom. The molecule has 1 fully saturated rings. The molecule has 0 spiro atoms. The molecule has 2 rings (SSSR count). The number of aryl methyl sites for hydroxylation is 1. The fraction of sp³-hybridized carbons (Fsp3) is 0.647. The molecule has 0 amide bonds. The van der Waals surface area contributed by atoms with Crippen molar-refractivity contribution in [2.75, 3.05) is 0 Å². The van der Waals surface area contributed by atoms with Crippen LogP contribution in [0.25, 0.3) is 0 Å². The molecule has 1 saturated carbocycles. The highest BCUT2D eigenvalue weighted by Gasteiger charge is 2.21. The lowest BCUT2D eigenvalue weighted by molar-refractivity contribution is 0.114. The van der Waals surface area contributed by atoms with E-state index in [1.54, 1.807) is 0 Å². The average Bonchev–Trinajstić information content (AvgIpc) is 2.47. The van der Waals surface area contributed by atoms with Crippen LogP contribution in [-0.2, 0) is 6.42 Å². The van der Waals surface area contributed by atoms with E-state index in [2.05, 4.69) is 43.4 Å². The summed E-state index contributed by atoms with van der Waals surface area (Å²) in [6.07, 6.45) is 6.25. The van der Waals surface area contributed by atoms with Crippen molar-refractivity contribution in [2.45, 2.75) is 70.6 Å². The highest BCUT2D eigenvalue weighted by atomic mass is 16.3. The van der Waals surface area contributed by atoms with E-state index in [0.717, 1.165) is 38.5 Å². The highest BCUT2D eigenvalue weighted by Crippen LogP contribution is 2.24. The first-order valence-electron chi connectivity index (χ1n) is 7.75. The normalized spacial score (nSPS) is 25.2. The Labute approximate surface area is 117 Å². The molecule has 2 nitrogen and oxygen atoms in total. The van der Waals surface area contributed by atoms with Crippen molar-refractivity contribution in [2.24, 2.45) is 0 Å². The molecular weight excluding hydrogens is 234 g/mol. The summed E-state index contributed by atoms with van der Waals surface area (Å²) in [4.78, 5) is 0. The molecule has 0 aliphatic heterocycles. The first-order chi connectivity index (χ1) is 9.22. The molecule has 0 saturated heterocycles. The Kier molecular flexibility index (Phi) is 5.41. The van der Waals surface area contributed by atoms with Gasteiger partial charge in [0.15, 0.2) is 0 Å². The minimum atomic E-state index is -0.0676. The van der Waals surface area contributed by atoms with Crippen molar-refractivity contribution in [3.05, 3.63) is 35.4 Å². The molecule has 1 aromatic rings. The third kappa shape index (κ3) is 4.05. The van der Waals surface area contributed by atoms with Gasteiger partial charge in [0.25, 0.3) is 0 Å². The molecule has 1 atom stereocenters. The van der Waals surface area contributed by atoms with Gasteiger partial charge in [-0.2, -0.15) is 0 Å². The van der Waals surface area contributed by atoms with E-state index in [9.17, 15) is 5.11 Å². The fourth-order valence-electron chi connectivity index (χ4n) is 2.96. The summed E-state index contributed by atoms with van der Waals surface area (Å²) in [6, 6.07) is 10.0. The lowest BCUT2D eigenvalue weighted by Gasteiger charge is -2.30. The lowest BCUT2D eigenvalue weighted by atomic mass is 9.91. The topological polar surface area (TPSA) is 32.3 Å². The molecule has 19 heavy (non-hydrogen) atoms. The summed E-state index contributed by atoms with van der Waals surface area (Å²) in [6.45, 7) is 4.43.